The Hall–Kier alpha value is -1.17. The molecule has 1 aromatic rings. The van der Waals surface area contributed by atoms with Gasteiger partial charge in [0.15, 0.2) is 0 Å². The van der Waals surface area contributed by atoms with Crippen LogP contribution in [0.5, 0.6) is 0 Å². The molecule has 1 fully saturated rings. The number of anilines is 1. The van der Waals surface area contributed by atoms with Crippen molar-refractivity contribution in [2.75, 3.05) is 11.5 Å². The number of carbonyl (C=O) groups is 1. The van der Waals surface area contributed by atoms with Crippen molar-refractivity contribution in [2.45, 2.75) is 57.9 Å². The quantitative estimate of drug-likeness (QED) is 0.873. The van der Waals surface area contributed by atoms with Gasteiger partial charge in [-0.1, -0.05) is 13.3 Å². The standard InChI is InChI=1S/C14H24N4OS/c1-4-18-13(12(15)9(3)17-18)14(19)16-10-7-6-8-11(10)20-5-2/h10-11H,4-8,15H2,1-3H3,(H,16,19). The predicted molar refractivity (Wildman–Crippen MR) is 84.1 cm³/mol. The molecular weight excluding hydrogens is 272 g/mol. The first-order valence-corrected chi connectivity index (χ1v) is 8.38. The van der Waals surface area contributed by atoms with Crippen LogP contribution in [0.15, 0.2) is 0 Å². The van der Waals surface area contributed by atoms with Crippen LogP contribution in [0, 0.1) is 6.92 Å². The first-order chi connectivity index (χ1) is 9.58. The zero-order valence-electron chi connectivity index (χ0n) is 12.5. The van der Waals surface area contributed by atoms with Gasteiger partial charge < -0.3 is 11.1 Å². The highest BCUT2D eigenvalue weighted by Crippen LogP contribution is 2.30. The second kappa shape index (κ2) is 6.52. The lowest BCUT2D eigenvalue weighted by atomic mass is 10.2. The van der Waals surface area contributed by atoms with E-state index in [-0.39, 0.29) is 11.9 Å². The maximum atomic E-state index is 12.5. The van der Waals surface area contributed by atoms with Gasteiger partial charge in [0.05, 0.1) is 11.4 Å². The minimum Gasteiger partial charge on any atom is -0.395 e. The first-order valence-electron chi connectivity index (χ1n) is 7.33. The SMILES string of the molecule is CCSC1CCCC1NC(=O)c1c(N)c(C)nn1CC. The summed E-state index contributed by atoms with van der Waals surface area (Å²) in [6, 6.07) is 0.257. The Morgan fingerprint density at radius 3 is 2.90 bits per heavy atom. The summed E-state index contributed by atoms with van der Waals surface area (Å²) in [6.45, 7) is 6.62. The molecule has 0 aromatic carbocycles. The summed E-state index contributed by atoms with van der Waals surface area (Å²) in [5.74, 6) is 1.00. The third-order valence-corrected chi connectivity index (χ3v) is 5.16. The summed E-state index contributed by atoms with van der Waals surface area (Å²) in [5, 5.41) is 8.00. The lowest BCUT2D eigenvalue weighted by Crippen LogP contribution is -2.40. The lowest BCUT2D eigenvalue weighted by Gasteiger charge is -2.20. The maximum absolute atomic E-state index is 12.5. The fraction of sp³-hybridized carbons (Fsp3) is 0.714. The summed E-state index contributed by atoms with van der Waals surface area (Å²) in [5.41, 5.74) is 7.74. The maximum Gasteiger partial charge on any atom is 0.271 e. The van der Waals surface area contributed by atoms with Gasteiger partial charge in [0.25, 0.3) is 5.91 Å². The number of thioether (sulfide) groups is 1. The molecule has 112 valence electrons. The minimum absolute atomic E-state index is 0.0847. The molecule has 0 spiro atoms. The van der Waals surface area contributed by atoms with Crippen molar-refractivity contribution >= 4 is 23.4 Å². The number of hydrogen-bond acceptors (Lipinski definition) is 4. The van der Waals surface area contributed by atoms with Gasteiger partial charge in [-0.25, -0.2) is 0 Å². The number of rotatable bonds is 5. The monoisotopic (exact) mass is 296 g/mol. The highest BCUT2D eigenvalue weighted by atomic mass is 32.2. The fourth-order valence-electron chi connectivity index (χ4n) is 2.81. The molecule has 2 rings (SSSR count). The molecule has 1 aromatic heterocycles. The Bertz CT molecular complexity index is 486. The number of aromatic nitrogens is 2. The van der Waals surface area contributed by atoms with Crippen molar-refractivity contribution in [3.8, 4) is 0 Å². The van der Waals surface area contributed by atoms with Crippen LogP contribution in [-0.4, -0.2) is 32.7 Å². The molecule has 0 bridgehead atoms. The van der Waals surface area contributed by atoms with Gasteiger partial charge in [0.2, 0.25) is 0 Å². The topological polar surface area (TPSA) is 72.9 Å². The van der Waals surface area contributed by atoms with E-state index in [4.69, 9.17) is 5.73 Å². The Labute approximate surface area is 124 Å². The van der Waals surface area contributed by atoms with E-state index < -0.39 is 0 Å². The summed E-state index contributed by atoms with van der Waals surface area (Å²) >= 11 is 1.94. The van der Waals surface area contributed by atoms with Gasteiger partial charge in [0, 0.05) is 17.8 Å². The van der Waals surface area contributed by atoms with Crippen molar-refractivity contribution < 1.29 is 4.79 Å². The van der Waals surface area contributed by atoms with E-state index in [0.29, 0.717) is 23.2 Å². The van der Waals surface area contributed by atoms with Gasteiger partial charge in [0.1, 0.15) is 5.69 Å². The summed E-state index contributed by atoms with van der Waals surface area (Å²) in [7, 11) is 0. The lowest BCUT2D eigenvalue weighted by molar-refractivity contribution is 0.0929. The van der Waals surface area contributed by atoms with E-state index in [1.165, 1.54) is 12.8 Å². The summed E-state index contributed by atoms with van der Waals surface area (Å²) < 4.78 is 1.69. The predicted octanol–water partition coefficient (Wildman–Crippen LogP) is 2.20. The zero-order valence-corrected chi connectivity index (χ0v) is 13.3. The molecule has 1 aliphatic rings. The molecule has 0 radical (unpaired) electrons. The van der Waals surface area contributed by atoms with E-state index in [1.54, 1.807) is 4.68 Å². The van der Waals surface area contributed by atoms with Crippen molar-refractivity contribution in [3.63, 3.8) is 0 Å². The molecule has 20 heavy (non-hydrogen) atoms. The second-order valence-corrected chi connectivity index (χ2v) is 6.68. The van der Waals surface area contributed by atoms with E-state index in [1.807, 2.05) is 25.6 Å². The molecule has 3 N–H and O–H groups in total. The first kappa shape index (κ1) is 15.2. The number of nitrogens with zero attached hydrogens (tertiary/aromatic N) is 2. The minimum atomic E-state index is -0.0847. The number of nitrogens with one attached hydrogen (secondary N) is 1. The number of nitrogens with two attached hydrogens (primary N) is 1. The molecule has 1 saturated carbocycles. The molecule has 2 unspecified atom stereocenters. The Kier molecular flexibility index (Phi) is 4.96. The Morgan fingerprint density at radius 1 is 1.50 bits per heavy atom. The van der Waals surface area contributed by atoms with Gasteiger partial charge in [-0.05, 0) is 32.4 Å². The summed E-state index contributed by atoms with van der Waals surface area (Å²) in [6.07, 6.45) is 3.43. The van der Waals surface area contributed by atoms with Crippen LogP contribution in [0.1, 0.15) is 49.3 Å². The van der Waals surface area contributed by atoms with Crippen LogP contribution in [-0.2, 0) is 6.54 Å². The number of amides is 1. The average Bonchev–Trinajstić information content (AvgIpc) is 2.96. The Balaban J connectivity index is 2.12. The van der Waals surface area contributed by atoms with Crippen LogP contribution in [0.25, 0.3) is 0 Å². The fourth-order valence-corrected chi connectivity index (χ4v) is 4.00. The third-order valence-electron chi connectivity index (χ3n) is 3.84. The molecule has 5 nitrogen and oxygen atoms in total. The van der Waals surface area contributed by atoms with Crippen LogP contribution in [0.2, 0.25) is 0 Å². The number of carbonyl (C=O) groups excluding carboxylic acids is 1. The number of hydrogen-bond donors (Lipinski definition) is 2. The normalized spacial score (nSPS) is 22.1. The average molecular weight is 296 g/mol. The largest absolute Gasteiger partial charge is 0.395 e. The molecule has 2 atom stereocenters. The van der Waals surface area contributed by atoms with Crippen molar-refractivity contribution in [1.29, 1.82) is 0 Å². The Morgan fingerprint density at radius 2 is 2.25 bits per heavy atom. The van der Waals surface area contributed by atoms with E-state index in [9.17, 15) is 4.79 Å². The number of nitrogen functional groups attached to an aromatic ring is 1. The summed E-state index contributed by atoms with van der Waals surface area (Å²) in [4.78, 5) is 12.5. The highest BCUT2D eigenvalue weighted by Gasteiger charge is 2.30. The van der Waals surface area contributed by atoms with E-state index >= 15 is 0 Å². The van der Waals surface area contributed by atoms with Gasteiger partial charge >= 0.3 is 0 Å². The second-order valence-electron chi connectivity index (χ2n) is 5.17. The molecule has 0 saturated heterocycles. The number of aryl methyl sites for hydroxylation is 2. The van der Waals surface area contributed by atoms with E-state index in [0.717, 1.165) is 17.9 Å². The molecule has 1 amide bonds. The van der Waals surface area contributed by atoms with E-state index in [2.05, 4.69) is 17.3 Å². The zero-order chi connectivity index (χ0) is 14.7. The van der Waals surface area contributed by atoms with Gasteiger partial charge in [-0.2, -0.15) is 16.9 Å². The van der Waals surface area contributed by atoms with Crippen molar-refractivity contribution in [2.24, 2.45) is 0 Å². The van der Waals surface area contributed by atoms with Crippen LogP contribution in [0.3, 0.4) is 0 Å². The molecule has 6 heteroatoms. The highest BCUT2D eigenvalue weighted by molar-refractivity contribution is 7.99. The van der Waals surface area contributed by atoms with Crippen LogP contribution >= 0.6 is 11.8 Å². The molecule has 1 heterocycles. The molecule has 0 aliphatic heterocycles. The van der Waals surface area contributed by atoms with Crippen molar-refractivity contribution in [1.82, 2.24) is 15.1 Å². The van der Waals surface area contributed by atoms with Gasteiger partial charge in [-0.3, -0.25) is 9.48 Å². The van der Waals surface area contributed by atoms with Gasteiger partial charge in [-0.15, -0.1) is 0 Å². The molecule has 1 aliphatic carbocycles. The van der Waals surface area contributed by atoms with Crippen molar-refractivity contribution in [3.05, 3.63) is 11.4 Å². The smallest absolute Gasteiger partial charge is 0.271 e. The van der Waals surface area contributed by atoms with Crippen LogP contribution in [0.4, 0.5) is 5.69 Å². The third kappa shape index (κ3) is 2.95. The molecular formula is C14H24N4OS. The van der Waals surface area contributed by atoms with Crippen LogP contribution < -0.4 is 11.1 Å².